The van der Waals surface area contributed by atoms with E-state index in [2.05, 4.69) is 67.3 Å². The number of nitrogens with zero attached hydrogens (tertiary/aromatic N) is 1. The fourth-order valence-electron chi connectivity index (χ4n) is 4.08. The van der Waals surface area contributed by atoms with Crippen molar-refractivity contribution in [1.82, 2.24) is 0 Å². The third-order valence-electron chi connectivity index (χ3n) is 4.98. The van der Waals surface area contributed by atoms with Crippen LogP contribution in [-0.2, 0) is 0 Å². The minimum atomic E-state index is 0.581. The van der Waals surface area contributed by atoms with Gasteiger partial charge in [-0.1, -0.05) is 42.5 Å². The molecule has 2 bridgehead atoms. The van der Waals surface area contributed by atoms with Crippen LogP contribution >= 0.6 is 0 Å². The molecule has 0 spiro atoms. The Kier molecular flexibility index (Phi) is 2.26. The van der Waals surface area contributed by atoms with E-state index in [4.69, 9.17) is 0 Å². The van der Waals surface area contributed by atoms with E-state index < -0.39 is 0 Å². The van der Waals surface area contributed by atoms with Gasteiger partial charge in [-0.3, -0.25) is 0 Å². The molecule has 19 heavy (non-hydrogen) atoms. The molecule has 1 nitrogen and oxygen atoms in total. The Hall–Kier alpha value is -1.76. The van der Waals surface area contributed by atoms with Crippen molar-refractivity contribution >= 4 is 5.69 Å². The van der Waals surface area contributed by atoms with Crippen molar-refractivity contribution < 1.29 is 0 Å². The van der Waals surface area contributed by atoms with Crippen molar-refractivity contribution in [3.05, 3.63) is 65.2 Å². The Morgan fingerprint density at radius 2 is 1.63 bits per heavy atom. The molecule has 96 valence electrons. The molecule has 1 heteroatoms. The molecule has 0 amide bonds. The molecule has 1 aliphatic heterocycles. The van der Waals surface area contributed by atoms with Gasteiger partial charge in [0.2, 0.25) is 0 Å². The van der Waals surface area contributed by atoms with Gasteiger partial charge in [-0.2, -0.15) is 0 Å². The standard InChI is InChI=1S/C18H19N/c1-12-7-3-6-10-17(12)19-13(2)16-11-18(19)15-9-5-4-8-14(15)16/h3-10,13,16,18H,11H2,1-2H3. The van der Waals surface area contributed by atoms with Gasteiger partial charge in [0.05, 0.1) is 6.04 Å². The maximum absolute atomic E-state index is 2.64. The van der Waals surface area contributed by atoms with Crippen LogP contribution in [0.25, 0.3) is 0 Å². The number of hydrogen-bond donors (Lipinski definition) is 0. The molecule has 0 N–H and O–H groups in total. The van der Waals surface area contributed by atoms with Gasteiger partial charge in [0, 0.05) is 17.6 Å². The monoisotopic (exact) mass is 249 g/mol. The predicted molar refractivity (Wildman–Crippen MR) is 79.7 cm³/mol. The van der Waals surface area contributed by atoms with Crippen molar-refractivity contribution in [2.45, 2.75) is 38.3 Å². The van der Waals surface area contributed by atoms with Crippen molar-refractivity contribution in [2.75, 3.05) is 4.90 Å². The Bertz CT molecular complexity index is 631. The number of rotatable bonds is 1. The predicted octanol–water partition coefficient (Wildman–Crippen LogP) is 4.43. The summed E-state index contributed by atoms with van der Waals surface area (Å²) in [6, 6.07) is 19.0. The molecule has 1 heterocycles. The molecule has 3 atom stereocenters. The number of anilines is 1. The second kappa shape index (κ2) is 3.86. The fourth-order valence-corrected chi connectivity index (χ4v) is 4.08. The summed E-state index contributed by atoms with van der Waals surface area (Å²) in [6.07, 6.45) is 1.29. The molecule has 3 unspecified atom stereocenters. The van der Waals surface area contributed by atoms with Gasteiger partial charge in [0.25, 0.3) is 0 Å². The van der Waals surface area contributed by atoms with Crippen molar-refractivity contribution in [3.8, 4) is 0 Å². The summed E-state index contributed by atoms with van der Waals surface area (Å²) >= 11 is 0. The van der Waals surface area contributed by atoms with Gasteiger partial charge in [-0.15, -0.1) is 0 Å². The zero-order valence-electron chi connectivity index (χ0n) is 11.5. The average Bonchev–Trinajstić information content (AvgIpc) is 2.96. The lowest BCUT2D eigenvalue weighted by molar-refractivity contribution is 0.614. The second-order valence-corrected chi connectivity index (χ2v) is 5.92. The molecule has 4 rings (SSSR count). The maximum atomic E-state index is 2.64. The smallest absolute Gasteiger partial charge is 0.0555 e. The molecule has 0 saturated carbocycles. The molecular weight excluding hydrogens is 230 g/mol. The van der Waals surface area contributed by atoms with E-state index in [9.17, 15) is 0 Å². The number of aryl methyl sites for hydroxylation is 1. The molecule has 2 aromatic rings. The lowest BCUT2D eigenvalue weighted by atomic mass is 9.92. The largest absolute Gasteiger partial charge is 0.361 e. The van der Waals surface area contributed by atoms with Crippen molar-refractivity contribution in [1.29, 1.82) is 0 Å². The highest BCUT2D eigenvalue weighted by molar-refractivity contribution is 5.61. The van der Waals surface area contributed by atoms with E-state index in [0.29, 0.717) is 18.0 Å². The normalized spacial score (nSPS) is 27.7. The molecule has 1 aliphatic carbocycles. The van der Waals surface area contributed by atoms with Crippen LogP contribution in [0.1, 0.15) is 42.0 Å². The highest BCUT2D eigenvalue weighted by atomic mass is 15.2. The summed E-state index contributed by atoms with van der Waals surface area (Å²) < 4.78 is 0. The van der Waals surface area contributed by atoms with E-state index in [1.54, 1.807) is 11.1 Å². The van der Waals surface area contributed by atoms with E-state index in [-0.39, 0.29) is 0 Å². The van der Waals surface area contributed by atoms with Crippen LogP contribution in [0.3, 0.4) is 0 Å². The van der Waals surface area contributed by atoms with E-state index in [1.165, 1.54) is 17.7 Å². The zero-order valence-corrected chi connectivity index (χ0v) is 11.5. The Morgan fingerprint density at radius 1 is 0.947 bits per heavy atom. The molecule has 0 radical (unpaired) electrons. The van der Waals surface area contributed by atoms with Crippen LogP contribution < -0.4 is 4.90 Å². The Labute approximate surface area is 114 Å². The molecule has 1 saturated heterocycles. The Balaban J connectivity index is 1.84. The third kappa shape index (κ3) is 1.42. The summed E-state index contributed by atoms with van der Waals surface area (Å²) in [7, 11) is 0. The van der Waals surface area contributed by atoms with Crippen molar-refractivity contribution in [2.24, 2.45) is 0 Å². The van der Waals surface area contributed by atoms with Gasteiger partial charge >= 0.3 is 0 Å². The van der Waals surface area contributed by atoms with Crippen LogP contribution in [-0.4, -0.2) is 6.04 Å². The average molecular weight is 249 g/mol. The minimum absolute atomic E-state index is 0.581. The highest BCUT2D eigenvalue weighted by Gasteiger charge is 2.47. The number of benzene rings is 2. The van der Waals surface area contributed by atoms with E-state index in [1.807, 2.05) is 0 Å². The first-order valence-corrected chi connectivity index (χ1v) is 7.20. The fraction of sp³-hybridized carbons (Fsp3) is 0.333. The van der Waals surface area contributed by atoms with Crippen LogP contribution in [0, 0.1) is 6.92 Å². The first-order chi connectivity index (χ1) is 9.27. The summed E-state index contributed by atoms with van der Waals surface area (Å²) in [6.45, 7) is 4.60. The summed E-state index contributed by atoms with van der Waals surface area (Å²) in [5.41, 5.74) is 5.94. The minimum Gasteiger partial charge on any atom is -0.361 e. The van der Waals surface area contributed by atoms with Gasteiger partial charge in [0.1, 0.15) is 0 Å². The SMILES string of the molecule is Cc1ccccc1N1C2CC(c3ccccc32)C1C. The lowest BCUT2D eigenvalue weighted by Crippen LogP contribution is -2.35. The second-order valence-electron chi connectivity index (χ2n) is 5.92. The number of para-hydroxylation sites is 1. The van der Waals surface area contributed by atoms with Gasteiger partial charge in [0.15, 0.2) is 0 Å². The van der Waals surface area contributed by atoms with E-state index in [0.717, 1.165) is 0 Å². The van der Waals surface area contributed by atoms with Gasteiger partial charge in [-0.25, -0.2) is 0 Å². The van der Waals surface area contributed by atoms with Crippen LogP contribution in [0.2, 0.25) is 0 Å². The Morgan fingerprint density at radius 3 is 2.42 bits per heavy atom. The van der Waals surface area contributed by atoms with Gasteiger partial charge < -0.3 is 4.90 Å². The quantitative estimate of drug-likeness (QED) is 0.722. The first kappa shape index (κ1) is 11.1. The number of hydrogen-bond acceptors (Lipinski definition) is 1. The summed E-state index contributed by atoms with van der Waals surface area (Å²) in [5.74, 6) is 0.709. The number of fused-ring (bicyclic) bond motifs is 5. The molecule has 1 fully saturated rings. The van der Waals surface area contributed by atoms with Crippen LogP contribution in [0.4, 0.5) is 5.69 Å². The van der Waals surface area contributed by atoms with E-state index >= 15 is 0 Å². The van der Waals surface area contributed by atoms with Crippen LogP contribution in [0.15, 0.2) is 48.5 Å². The maximum Gasteiger partial charge on any atom is 0.0555 e. The molecular formula is C18H19N. The highest BCUT2D eigenvalue weighted by Crippen LogP contribution is 2.55. The lowest BCUT2D eigenvalue weighted by Gasteiger charge is -2.37. The van der Waals surface area contributed by atoms with Crippen molar-refractivity contribution in [3.63, 3.8) is 0 Å². The molecule has 2 aromatic carbocycles. The molecule has 0 aromatic heterocycles. The topological polar surface area (TPSA) is 3.24 Å². The first-order valence-electron chi connectivity index (χ1n) is 7.20. The third-order valence-corrected chi connectivity index (χ3v) is 4.98. The zero-order chi connectivity index (χ0) is 13.0. The summed E-state index contributed by atoms with van der Waals surface area (Å²) in [4.78, 5) is 2.64. The van der Waals surface area contributed by atoms with Gasteiger partial charge in [-0.05, 0) is 43.0 Å². The van der Waals surface area contributed by atoms with Crippen LogP contribution in [0.5, 0.6) is 0 Å². The summed E-state index contributed by atoms with van der Waals surface area (Å²) in [5, 5.41) is 0. The molecule has 2 aliphatic rings.